The summed E-state index contributed by atoms with van der Waals surface area (Å²) in [5.41, 5.74) is 1.27. The van der Waals surface area contributed by atoms with Crippen LogP contribution in [-0.2, 0) is 17.6 Å². The van der Waals surface area contributed by atoms with Gasteiger partial charge in [0.1, 0.15) is 0 Å². The summed E-state index contributed by atoms with van der Waals surface area (Å²) in [5.74, 6) is -0.227. The molecule has 0 aliphatic heterocycles. The van der Waals surface area contributed by atoms with Crippen molar-refractivity contribution in [1.29, 1.82) is 0 Å². The van der Waals surface area contributed by atoms with E-state index in [4.69, 9.17) is 4.42 Å². The van der Waals surface area contributed by atoms with Gasteiger partial charge in [0.15, 0.2) is 0 Å². The second kappa shape index (κ2) is 5.95. The molecule has 5 heteroatoms. The molecule has 18 heavy (non-hydrogen) atoms. The average molecular weight is 246 g/mol. The van der Waals surface area contributed by atoms with Crippen molar-refractivity contribution < 1.29 is 13.9 Å². The molecule has 0 saturated carbocycles. The molecule has 1 heterocycles. The summed E-state index contributed by atoms with van der Waals surface area (Å²) in [7, 11) is 1.28. The first-order valence-electron chi connectivity index (χ1n) is 5.74. The fourth-order valence-corrected chi connectivity index (χ4v) is 1.61. The first-order chi connectivity index (χ1) is 8.79. The van der Waals surface area contributed by atoms with Gasteiger partial charge in [0, 0.05) is 6.42 Å². The van der Waals surface area contributed by atoms with Gasteiger partial charge < -0.3 is 9.15 Å². The van der Waals surface area contributed by atoms with Crippen molar-refractivity contribution in [2.45, 2.75) is 19.3 Å². The molecular formula is C13H14N2O3. The number of rotatable bonds is 5. The monoisotopic (exact) mass is 246 g/mol. The van der Waals surface area contributed by atoms with Gasteiger partial charge in [-0.2, -0.15) is 0 Å². The van der Waals surface area contributed by atoms with Crippen molar-refractivity contribution >= 4 is 5.97 Å². The van der Waals surface area contributed by atoms with Crippen LogP contribution >= 0.6 is 0 Å². The van der Waals surface area contributed by atoms with E-state index in [0.717, 1.165) is 12.8 Å². The van der Waals surface area contributed by atoms with Crippen molar-refractivity contribution in [3.8, 4) is 0 Å². The van der Waals surface area contributed by atoms with E-state index in [0.29, 0.717) is 12.3 Å². The first kappa shape index (κ1) is 12.3. The van der Waals surface area contributed by atoms with Crippen LogP contribution in [-0.4, -0.2) is 23.3 Å². The molecule has 0 aliphatic carbocycles. The Morgan fingerprint density at radius 3 is 2.72 bits per heavy atom. The van der Waals surface area contributed by atoms with Crippen LogP contribution in [0.1, 0.15) is 28.6 Å². The van der Waals surface area contributed by atoms with E-state index in [9.17, 15) is 4.79 Å². The Hall–Kier alpha value is -2.17. The van der Waals surface area contributed by atoms with Crippen LogP contribution in [0, 0.1) is 0 Å². The molecule has 94 valence electrons. The topological polar surface area (TPSA) is 65.2 Å². The maximum absolute atomic E-state index is 11.1. The minimum atomic E-state index is -0.600. The maximum atomic E-state index is 11.1. The zero-order valence-electron chi connectivity index (χ0n) is 10.1. The fraction of sp³-hybridized carbons (Fsp3) is 0.308. The minimum absolute atomic E-state index is 0.0905. The highest BCUT2D eigenvalue weighted by atomic mass is 16.5. The number of carbonyl (C=O) groups excluding carboxylic acids is 1. The number of carbonyl (C=O) groups is 1. The third kappa shape index (κ3) is 3.16. The van der Waals surface area contributed by atoms with E-state index in [1.165, 1.54) is 12.7 Å². The second-order valence-corrected chi connectivity index (χ2v) is 3.83. The van der Waals surface area contributed by atoms with E-state index < -0.39 is 5.97 Å². The van der Waals surface area contributed by atoms with Crippen LogP contribution in [0.3, 0.4) is 0 Å². The van der Waals surface area contributed by atoms with E-state index in [-0.39, 0.29) is 5.89 Å². The Morgan fingerprint density at radius 2 is 2.00 bits per heavy atom. The molecular weight excluding hydrogens is 232 g/mol. The highest BCUT2D eigenvalue weighted by molar-refractivity contribution is 5.83. The molecule has 1 aromatic heterocycles. The number of aromatic nitrogens is 2. The third-order valence-corrected chi connectivity index (χ3v) is 2.53. The van der Waals surface area contributed by atoms with Gasteiger partial charge in [-0.25, -0.2) is 4.79 Å². The number of nitrogens with zero attached hydrogens (tertiary/aromatic N) is 2. The molecule has 0 atom stereocenters. The van der Waals surface area contributed by atoms with Crippen LogP contribution < -0.4 is 0 Å². The summed E-state index contributed by atoms with van der Waals surface area (Å²) < 4.78 is 9.67. The van der Waals surface area contributed by atoms with Crippen LogP contribution in [0.25, 0.3) is 0 Å². The molecule has 1 aromatic carbocycles. The fourth-order valence-electron chi connectivity index (χ4n) is 1.61. The summed E-state index contributed by atoms with van der Waals surface area (Å²) in [6.07, 6.45) is 2.49. The molecule has 0 bridgehead atoms. The van der Waals surface area contributed by atoms with Crippen molar-refractivity contribution in [3.05, 3.63) is 47.7 Å². The molecule has 0 radical (unpaired) electrons. The highest BCUT2D eigenvalue weighted by Gasteiger charge is 2.14. The van der Waals surface area contributed by atoms with Gasteiger partial charge >= 0.3 is 11.9 Å². The third-order valence-electron chi connectivity index (χ3n) is 2.53. The molecule has 2 rings (SSSR count). The number of methoxy groups -OCH3 is 1. The van der Waals surface area contributed by atoms with Crippen molar-refractivity contribution in [2.24, 2.45) is 0 Å². The maximum Gasteiger partial charge on any atom is 0.396 e. The molecule has 0 N–H and O–H groups in total. The molecule has 2 aromatic rings. The summed E-state index contributed by atoms with van der Waals surface area (Å²) >= 11 is 0. The molecule has 0 saturated heterocycles. The standard InChI is InChI=1S/C13H14N2O3/c1-17-13(16)12-15-14-11(18-12)9-5-8-10-6-3-2-4-7-10/h2-4,6-7H,5,8-9H2,1H3. The van der Waals surface area contributed by atoms with E-state index in [2.05, 4.69) is 27.1 Å². The van der Waals surface area contributed by atoms with Crippen molar-refractivity contribution in [1.82, 2.24) is 10.2 Å². The van der Waals surface area contributed by atoms with E-state index in [1.807, 2.05) is 18.2 Å². The molecule has 0 aliphatic rings. The molecule has 0 amide bonds. The zero-order valence-corrected chi connectivity index (χ0v) is 10.1. The number of hydrogen-bond donors (Lipinski definition) is 0. The molecule has 5 nitrogen and oxygen atoms in total. The minimum Gasteiger partial charge on any atom is -0.462 e. The molecule has 0 fully saturated rings. The zero-order chi connectivity index (χ0) is 12.8. The Morgan fingerprint density at radius 1 is 1.22 bits per heavy atom. The average Bonchev–Trinajstić information content (AvgIpc) is 2.88. The van der Waals surface area contributed by atoms with Gasteiger partial charge in [0.2, 0.25) is 5.89 Å². The lowest BCUT2D eigenvalue weighted by Gasteiger charge is -1.98. The summed E-state index contributed by atoms with van der Waals surface area (Å²) in [6, 6.07) is 10.2. The van der Waals surface area contributed by atoms with Crippen LogP contribution in [0.15, 0.2) is 34.7 Å². The largest absolute Gasteiger partial charge is 0.462 e. The number of aryl methyl sites for hydroxylation is 2. The van der Waals surface area contributed by atoms with Crippen molar-refractivity contribution in [2.75, 3.05) is 7.11 Å². The Kier molecular flexibility index (Phi) is 4.06. The predicted octanol–water partition coefficient (Wildman–Crippen LogP) is 2.03. The molecule has 0 unspecified atom stereocenters. The van der Waals surface area contributed by atoms with Gasteiger partial charge in [-0.3, -0.25) is 0 Å². The number of ether oxygens (including phenoxy) is 1. The van der Waals surface area contributed by atoms with Crippen LogP contribution in [0.2, 0.25) is 0 Å². The predicted molar refractivity (Wildman–Crippen MR) is 64.1 cm³/mol. The summed E-state index contributed by atoms with van der Waals surface area (Å²) in [6.45, 7) is 0. The summed E-state index contributed by atoms with van der Waals surface area (Å²) in [5, 5.41) is 7.42. The van der Waals surface area contributed by atoms with Gasteiger partial charge in [0.25, 0.3) is 0 Å². The second-order valence-electron chi connectivity index (χ2n) is 3.83. The normalized spacial score (nSPS) is 10.3. The lowest BCUT2D eigenvalue weighted by molar-refractivity contribution is 0.0554. The van der Waals surface area contributed by atoms with Crippen molar-refractivity contribution in [3.63, 3.8) is 0 Å². The first-order valence-corrected chi connectivity index (χ1v) is 5.74. The Bertz CT molecular complexity index is 508. The Balaban J connectivity index is 1.84. The van der Waals surface area contributed by atoms with Crippen LogP contribution in [0.5, 0.6) is 0 Å². The van der Waals surface area contributed by atoms with E-state index in [1.54, 1.807) is 0 Å². The van der Waals surface area contributed by atoms with Crippen LogP contribution in [0.4, 0.5) is 0 Å². The SMILES string of the molecule is COC(=O)c1nnc(CCCc2ccccc2)o1. The smallest absolute Gasteiger partial charge is 0.396 e. The summed E-state index contributed by atoms with van der Waals surface area (Å²) in [4.78, 5) is 11.1. The number of esters is 1. The lowest BCUT2D eigenvalue weighted by atomic mass is 10.1. The molecule has 0 spiro atoms. The quantitative estimate of drug-likeness (QED) is 0.755. The number of benzene rings is 1. The highest BCUT2D eigenvalue weighted by Crippen LogP contribution is 2.08. The van der Waals surface area contributed by atoms with Gasteiger partial charge in [0.05, 0.1) is 7.11 Å². The van der Waals surface area contributed by atoms with Gasteiger partial charge in [-0.15, -0.1) is 10.2 Å². The Labute approximate surface area is 105 Å². The van der Waals surface area contributed by atoms with Gasteiger partial charge in [-0.05, 0) is 18.4 Å². The van der Waals surface area contributed by atoms with Gasteiger partial charge in [-0.1, -0.05) is 30.3 Å². The lowest BCUT2D eigenvalue weighted by Crippen LogP contribution is -2.00. The van der Waals surface area contributed by atoms with E-state index >= 15 is 0 Å². The number of hydrogen-bond acceptors (Lipinski definition) is 5.